The fraction of sp³-hybridized carbons (Fsp3) is 0.0690. The third kappa shape index (κ3) is 4.96. The molecular weight excluding hydrogens is 394 g/mol. The Morgan fingerprint density at radius 2 is 1.12 bits per heavy atom. The van der Waals surface area contributed by atoms with E-state index in [4.69, 9.17) is 4.74 Å². The van der Waals surface area contributed by atoms with E-state index in [2.05, 4.69) is 84.3 Å². The summed E-state index contributed by atoms with van der Waals surface area (Å²) in [6.45, 7) is 5.49. The molecule has 4 rings (SSSR count). The minimum atomic E-state index is -0.369. The van der Waals surface area contributed by atoms with Gasteiger partial charge >= 0.3 is 5.97 Å². The first-order valence-corrected chi connectivity index (χ1v) is 10.5. The Labute approximate surface area is 189 Å². The highest BCUT2D eigenvalue weighted by atomic mass is 16.5. The lowest BCUT2D eigenvalue weighted by atomic mass is 10.0. The van der Waals surface area contributed by atoms with Crippen molar-refractivity contribution in [3.05, 3.63) is 127 Å². The van der Waals surface area contributed by atoms with Gasteiger partial charge in [-0.2, -0.15) is 0 Å². The molecule has 0 aliphatic heterocycles. The molecule has 0 saturated carbocycles. The molecule has 0 amide bonds. The Morgan fingerprint density at radius 1 is 0.688 bits per heavy atom. The first-order valence-electron chi connectivity index (χ1n) is 10.5. The second kappa shape index (κ2) is 9.80. The smallest absolute Gasteiger partial charge is 0.333 e. The van der Waals surface area contributed by atoms with Gasteiger partial charge in [-0.05, 0) is 60.0 Å². The molecule has 0 radical (unpaired) electrons. The third-order valence-corrected chi connectivity index (χ3v) is 5.16. The Bertz CT molecular complexity index is 1140. The van der Waals surface area contributed by atoms with Crippen molar-refractivity contribution >= 4 is 23.0 Å². The Morgan fingerprint density at radius 3 is 1.59 bits per heavy atom. The first-order chi connectivity index (χ1) is 15.6. The molecule has 0 N–H and O–H groups in total. The van der Waals surface area contributed by atoms with Crippen LogP contribution < -0.4 is 4.90 Å². The highest BCUT2D eigenvalue weighted by Crippen LogP contribution is 2.35. The van der Waals surface area contributed by atoms with Crippen molar-refractivity contribution in [1.82, 2.24) is 0 Å². The summed E-state index contributed by atoms with van der Waals surface area (Å²) in [5, 5.41) is 0. The van der Waals surface area contributed by atoms with Crippen molar-refractivity contribution in [1.29, 1.82) is 0 Å². The van der Waals surface area contributed by atoms with Gasteiger partial charge in [0.15, 0.2) is 0 Å². The summed E-state index contributed by atoms with van der Waals surface area (Å²) in [5.74, 6) is -0.369. The van der Waals surface area contributed by atoms with Crippen molar-refractivity contribution in [2.75, 3.05) is 4.90 Å². The van der Waals surface area contributed by atoms with Crippen LogP contribution in [0.5, 0.6) is 0 Å². The quantitative estimate of drug-likeness (QED) is 0.230. The van der Waals surface area contributed by atoms with Gasteiger partial charge in [0.25, 0.3) is 0 Å². The maximum absolute atomic E-state index is 11.6. The Hall–Kier alpha value is -4.11. The van der Waals surface area contributed by atoms with E-state index in [0.29, 0.717) is 5.57 Å². The van der Waals surface area contributed by atoms with Crippen molar-refractivity contribution in [2.24, 2.45) is 0 Å². The van der Waals surface area contributed by atoms with E-state index in [1.807, 2.05) is 36.4 Å². The molecule has 0 spiro atoms. The van der Waals surface area contributed by atoms with E-state index in [1.165, 1.54) is 0 Å². The lowest BCUT2D eigenvalue weighted by Gasteiger charge is -2.25. The molecule has 0 aromatic heterocycles. The van der Waals surface area contributed by atoms with Gasteiger partial charge in [0.05, 0.1) is 0 Å². The molecule has 3 heteroatoms. The van der Waals surface area contributed by atoms with Crippen LogP contribution >= 0.6 is 0 Å². The molecule has 0 heterocycles. The van der Waals surface area contributed by atoms with Crippen LogP contribution in [0.25, 0.3) is 11.1 Å². The first kappa shape index (κ1) is 21.1. The van der Waals surface area contributed by atoms with Gasteiger partial charge in [-0.25, -0.2) is 4.79 Å². The number of rotatable bonds is 7. The average molecular weight is 420 g/mol. The standard InChI is InChI=1S/C29H25NO2/c1-22(2)29(31)32-21-23-13-15-24(16-14-23)25-17-19-28(20-18-25)30(26-9-5-3-6-10-26)27-11-7-4-8-12-27/h3-20H,1,21H2,2H3. The van der Waals surface area contributed by atoms with Gasteiger partial charge in [-0.1, -0.05) is 79.4 Å². The van der Waals surface area contributed by atoms with Crippen LogP contribution in [0.1, 0.15) is 12.5 Å². The molecule has 158 valence electrons. The molecule has 32 heavy (non-hydrogen) atoms. The number of carbonyl (C=O) groups excluding carboxylic acids is 1. The molecule has 0 fully saturated rings. The largest absolute Gasteiger partial charge is 0.457 e. The monoisotopic (exact) mass is 419 g/mol. The zero-order chi connectivity index (χ0) is 22.3. The number of para-hydroxylation sites is 2. The van der Waals surface area contributed by atoms with E-state index >= 15 is 0 Å². The molecule has 4 aromatic rings. The molecule has 0 unspecified atom stereocenters. The van der Waals surface area contributed by atoms with Crippen LogP contribution in [-0.2, 0) is 16.1 Å². The minimum absolute atomic E-state index is 0.244. The van der Waals surface area contributed by atoms with Gasteiger partial charge in [-0.15, -0.1) is 0 Å². The summed E-state index contributed by atoms with van der Waals surface area (Å²) in [6.07, 6.45) is 0. The topological polar surface area (TPSA) is 29.5 Å². The summed E-state index contributed by atoms with van der Waals surface area (Å²) in [5.41, 5.74) is 6.90. The van der Waals surface area contributed by atoms with E-state index in [-0.39, 0.29) is 12.6 Å². The fourth-order valence-electron chi connectivity index (χ4n) is 3.47. The predicted molar refractivity (Wildman–Crippen MR) is 131 cm³/mol. The number of benzene rings is 4. The van der Waals surface area contributed by atoms with Gasteiger partial charge in [0, 0.05) is 22.6 Å². The van der Waals surface area contributed by atoms with Crippen molar-refractivity contribution < 1.29 is 9.53 Å². The van der Waals surface area contributed by atoms with E-state index in [0.717, 1.165) is 33.8 Å². The minimum Gasteiger partial charge on any atom is -0.457 e. The molecule has 4 aromatic carbocycles. The van der Waals surface area contributed by atoms with Crippen molar-refractivity contribution in [3.63, 3.8) is 0 Å². The second-order valence-electron chi connectivity index (χ2n) is 7.61. The lowest BCUT2D eigenvalue weighted by Crippen LogP contribution is -2.09. The molecule has 0 saturated heterocycles. The lowest BCUT2D eigenvalue weighted by molar-refractivity contribution is -0.140. The molecule has 0 atom stereocenters. The normalized spacial score (nSPS) is 10.4. The summed E-state index contributed by atoms with van der Waals surface area (Å²) in [4.78, 5) is 13.8. The SMILES string of the molecule is C=C(C)C(=O)OCc1ccc(-c2ccc(N(c3ccccc3)c3ccccc3)cc2)cc1. The van der Waals surface area contributed by atoms with E-state index in [9.17, 15) is 4.79 Å². The number of ether oxygens (including phenoxy) is 1. The summed E-state index contributed by atoms with van der Waals surface area (Å²) in [7, 11) is 0. The van der Waals surface area contributed by atoms with Crippen LogP contribution in [0.4, 0.5) is 17.1 Å². The van der Waals surface area contributed by atoms with Gasteiger partial charge in [0.2, 0.25) is 0 Å². The van der Waals surface area contributed by atoms with Crippen LogP contribution in [0, 0.1) is 0 Å². The molecule has 0 aliphatic rings. The maximum Gasteiger partial charge on any atom is 0.333 e. The fourth-order valence-corrected chi connectivity index (χ4v) is 3.47. The number of hydrogen-bond acceptors (Lipinski definition) is 3. The van der Waals surface area contributed by atoms with Crippen LogP contribution in [0.3, 0.4) is 0 Å². The third-order valence-electron chi connectivity index (χ3n) is 5.16. The second-order valence-corrected chi connectivity index (χ2v) is 7.61. The van der Waals surface area contributed by atoms with Crippen LogP contribution in [0.15, 0.2) is 121 Å². The van der Waals surface area contributed by atoms with Crippen molar-refractivity contribution in [3.8, 4) is 11.1 Å². The number of nitrogens with zero attached hydrogens (tertiary/aromatic N) is 1. The number of carbonyl (C=O) groups is 1. The predicted octanol–water partition coefficient (Wildman–Crippen LogP) is 7.44. The Kier molecular flexibility index (Phi) is 6.47. The highest BCUT2D eigenvalue weighted by Gasteiger charge is 2.12. The Balaban J connectivity index is 1.55. The van der Waals surface area contributed by atoms with E-state index in [1.54, 1.807) is 6.92 Å². The van der Waals surface area contributed by atoms with Crippen molar-refractivity contribution in [2.45, 2.75) is 13.5 Å². The molecule has 0 bridgehead atoms. The van der Waals surface area contributed by atoms with Gasteiger partial charge in [-0.3, -0.25) is 0 Å². The van der Waals surface area contributed by atoms with Crippen LogP contribution in [-0.4, -0.2) is 5.97 Å². The van der Waals surface area contributed by atoms with Gasteiger partial charge in [0.1, 0.15) is 6.61 Å². The van der Waals surface area contributed by atoms with Crippen LogP contribution in [0.2, 0.25) is 0 Å². The number of anilines is 3. The number of hydrogen-bond donors (Lipinski definition) is 0. The molecular formula is C29H25NO2. The maximum atomic E-state index is 11.6. The zero-order valence-corrected chi connectivity index (χ0v) is 18.1. The highest BCUT2D eigenvalue weighted by molar-refractivity contribution is 5.86. The molecule has 0 aliphatic carbocycles. The number of esters is 1. The summed E-state index contributed by atoms with van der Waals surface area (Å²) < 4.78 is 5.22. The summed E-state index contributed by atoms with van der Waals surface area (Å²) >= 11 is 0. The zero-order valence-electron chi connectivity index (χ0n) is 18.1. The summed E-state index contributed by atoms with van der Waals surface area (Å²) in [6, 6.07) is 37.3. The molecule has 3 nitrogen and oxygen atoms in total. The van der Waals surface area contributed by atoms with E-state index < -0.39 is 0 Å². The average Bonchev–Trinajstić information content (AvgIpc) is 2.85. The van der Waals surface area contributed by atoms with Gasteiger partial charge < -0.3 is 9.64 Å².